The second-order valence-corrected chi connectivity index (χ2v) is 7.74. The van der Waals surface area contributed by atoms with Crippen molar-refractivity contribution in [2.45, 2.75) is 25.3 Å². The number of benzene rings is 1. The van der Waals surface area contributed by atoms with Crippen LogP contribution in [0.1, 0.15) is 50.9 Å². The van der Waals surface area contributed by atoms with Gasteiger partial charge in [0, 0.05) is 38.7 Å². The van der Waals surface area contributed by atoms with E-state index in [-0.39, 0.29) is 29.0 Å². The molecule has 1 aliphatic rings. The van der Waals surface area contributed by atoms with Crippen molar-refractivity contribution >= 4 is 11.8 Å². The monoisotopic (exact) mass is 420 g/mol. The molecule has 0 radical (unpaired) electrons. The van der Waals surface area contributed by atoms with E-state index < -0.39 is 0 Å². The third-order valence-electron chi connectivity index (χ3n) is 5.52. The van der Waals surface area contributed by atoms with E-state index in [0.29, 0.717) is 25.2 Å². The van der Waals surface area contributed by atoms with E-state index >= 15 is 0 Å². The first-order valence-corrected chi connectivity index (χ1v) is 10.2. The number of rotatable bonds is 5. The fourth-order valence-corrected chi connectivity index (χ4v) is 3.94. The summed E-state index contributed by atoms with van der Waals surface area (Å²) in [5.74, 6) is -0.389. The van der Waals surface area contributed by atoms with Gasteiger partial charge in [0.1, 0.15) is 5.69 Å². The zero-order valence-corrected chi connectivity index (χ0v) is 17.2. The molecule has 9 nitrogen and oxygen atoms in total. The number of hydrogen-bond donors (Lipinski definition) is 2. The van der Waals surface area contributed by atoms with Crippen LogP contribution in [0.4, 0.5) is 0 Å². The van der Waals surface area contributed by atoms with Crippen LogP contribution >= 0.6 is 0 Å². The van der Waals surface area contributed by atoms with Crippen LogP contribution in [-0.4, -0.2) is 62.1 Å². The molecular weight excluding hydrogens is 396 g/mol. The highest BCUT2D eigenvalue weighted by Crippen LogP contribution is 2.29. The van der Waals surface area contributed by atoms with Gasteiger partial charge in [0.15, 0.2) is 0 Å². The van der Waals surface area contributed by atoms with Gasteiger partial charge in [-0.05, 0) is 24.5 Å². The van der Waals surface area contributed by atoms with Gasteiger partial charge in [-0.3, -0.25) is 19.5 Å². The zero-order valence-electron chi connectivity index (χ0n) is 17.2. The van der Waals surface area contributed by atoms with Gasteiger partial charge in [-0.15, -0.1) is 0 Å². The van der Waals surface area contributed by atoms with Crippen molar-refractivity contribution < 1.29 is 9.59 Å². The normalized spacial score (nSPS) is 16.2. The average molecular weight is 420 g/mol. The van der Waals surface area contributed by atoms with Crippen molar-refractivity contribution in [2.75, 3.05) is 20.1 Å². The van der Waals surface area contributed by atoms with Gasteiger partial charge in [0.05, 0.1) is 17.5 Å². The van der Waals surface area contributed by atoms with Crippen LogP contribution in [0.5, 0.6) is 0 Å². The highest BCUT2D eigenvalue weighted by atomic mass is 16.2. The number of aromatic amines is 2. The number of hydrogen-bond acceptors (Lipinski definition) is 5. The highest BCUT2D eigenvalue weighted by molar-refractivity contribution is 5.95. The van der Waals surface area contributed by atoms with Gasteiger partial charge in [-0.1, -0.05) is 30.3 Å². The molecule has 3 heterocycles. The first-order chi connectivity index (χ1) is 15.0. The lowest BCUT2D eigenvalue weighted by atomic mass is 9.92. The molecule has 1 aromatic carbocycles. The van der Waals surface area contributed by atoms with Gasteiger partial charge >= 0.3 is 0 Å². The number of likely N-dealkylation sites (tertiary alicyclic amines) is 1. The molecule has 1 atom stereocenters. The number of carbonyl (C=O) groups is 2. The molecule has 9 heteroatoms. The molecule has 2 aromatic heterocycles. The van der Waals surface area contributed by atoms with Crippen molar-refractivity contribution in [3.05, 3.63) is 81.5 Å². The molecule has 1 unspecified atom stereocenters. The minimum absolute atomic E-state index is 0.0352. The summed E-state index contributed by atoms with van der Waals surface area (Å²) in [6, 6.07) is 12.5. The topological polar surface area (TPSA) is 115 Å². The number of nitrogens with one attached hydrogen (secondary N) is 2. The molecule has 1 fully saturated rings. The van der Waals surface area contributed by atoms with Gasteiger partial charge in [-0.2, -0.15) is 10.2 Å². The van der Waals surface area contributed by atoms with Crippen LogP contribution in [0.15, 0.2) is 53.5 Å². The van der Waals surface area contributed by atoms with E-state index in [0.717, 1.165) is 24.1 Å². The molecule has 4 rings (SSSR count). The fourth-order valence-electron chi connectivity index (χ4n) is 3.94. The predicted octanol–water partition coefficient (Wildman–Crippen LogP) is 1.78. The Balaban J connectivity index is 1.48. The van der Waals surface area contributed by atoms with Crippen LogP contribution in [0, 0.1) is 0 Å². The van der Waals surface area contributed by atoms with Crippen LogP contribution in [0.3, 0.4) is 0 Å². The molecule has 0 aliphatic carbocycles. The molecule has 2 N–H and O–H groups in total. The highest BCUT2D eigenvalue weighted by Gasteiger charge is 2.30. The average Bonchev–Trinajstić information content (AvgIpc) is 3.29. The first kappa shape index (κ1) is 20.5. The molecule has 0 bridgehead atoms. The van der Waals surface area contributed by atoms with Crippen LogP contribution in [0.2, 0.25) is 0 Å². The van der Waals surface area contributed by atoms with Crippen LogP contribution in [-0.2, 0) is 6.54 Å². The molecule has 0 saturated carbocycles. The Labute approximate surface area is 179 Å². The molecular formula is C22H24N6O3. The molecule has 3 aromatic rings. The van der Waals surface area contributed by atoms with Gasteiger partial charge in [0.25, 0.3) is 17.4 Å². The van der Waals surface area contributed by atoms with Crippen LogP contribution in [0.25, 0.3) is 0 Å². The summed E-state index contributed by atoms with van der Waals surface area (Å²) in [5, 5.41) is 13.2. The van der Waals surface area contributed by atoms with E-state index in [1.165, 1.54) is 12.1 Å². The Hall–Kier alpha value is -3.75. The summed E-state index contributed by atoms with van der Waals surface area (Å²) in [4.78, 5) is 40.5. The molecule has 31 heavy (non-hydrogen) atoms. The molecule has 2 amide bonds. The maximum atomic E-state index is 13.1. The molecule has 1 aliphatic heterocycles. The number of piperidine rings is 1. The lowest BCUT2D eigenvalue weighted by Crippen LogP contribution is -2.40. The van der Waals surface area contributed by atoms with E-state index in [9.17, 15) is 14.4 Å². The van der Waals surface area contributed by atoms with Crippen molar-refractivity contribution in [2.24, 2.45) is 0 Å². The second-order valence-electron chi connectivity index (χ2n) is 7.74. The summed E-state index contributed by atoms with van der Waals surface area (Å²) >= 11 is 0. The van der Waals surface area contributed by atoms with Crippen LogP contribution < -0.4 is 5.56 Å². The number of H-pyrrole nitrogens is 2. The van der Waals surface area contributed by atoms with E-state index in [1.807, 2.05) is 30.3 Å². The summed E-state index contributed by atoms with van der Waals surface area (Å²) in [6.07, 6.45) is 3.20. The summed E-state index contributed by atoms with van der Waals surface area (Å²) in [7, 11) is 1.77. The summed E-state index contributed by atoms with van der Waals surface area (Å²) in [6.45, 7) is 1.55. The standard InChI is InChI=1S/C22H24N6O3/c1-27(13-15-6-3-2-4-7-15)21(30)17-12-23-26-20(17)16-8-5-11-28(14-16)22(31)18-9-10-19(29)25-24-18/h2-4,6-7,9-10,12,16H,5,8,11,13-14H2,1H3,(H,23,26)(H,25,29). The number of amides is 2. The Bertz CT molecular complexity index is 1100. The molecule has 1 saturated heterocycles. The minimum atomic E-state index is -0.353. The van der Waals surface area contributed by atoms with Crippen molar-refractivity contribution in [1.82, 2.24) is 30.2 Å². The third-order valence-corrected chi connectivity index (χ3v) is 5.52. The van der Waals surface area contributed by atoms with Gasteiger partial charge in [-0.25, -0.2) is 5.10 Å². The maximum Gasteiger partial charge on any atom is 0.274 e. The summed E-state index contributed by atoms with van der Waals surface area (Å²) < 4.78 is 0. The van der Waals surface area contributed by atoms with Crippen molar-refractivity contribution in [1.29, 1.82) is 0 Å². The number of carbonyl (C=O) groups excluding carboxylic acids is 2. The Kier molecular flexibility index (Phi) is 5.92. The number of aromatic nitrogens is 4. The minimum Gasteiger partial charge on any atom is -0.337 e. The lowest BCUT2D eigenvalue weighted by molar-refractivity contribution is 0.0697. The van der Waals surface area contributed by atoms with Crippen molar-refractivity contribution in [3.8, 4) is 0 Å². The largest absolute Gasteiger partial charge is 0.337 e. The van der Waals surface area contributed by atoms with Gasteiger partial charge < -0.3 is 9.80 Å². The molecule has 160 valence electrons. The van der Waals surface area contributed by atoms with Crippen molar-refractivity contribution in [3.63, 3.8) is 0 Å². The molecule has 0 spiro atoms. The maximum absolute atomic E-state index is 13.1. The van der Waals surface area contributed by atoms with E-state index in [1.54, 1.807) is 23.0 Å². The van der Waals surface area contributed by atoms with Gasteiger partial charge in [0.2, 0.25) is 0 Å². The lowest BCUT2D eigenvalue weighted by Gasteiger charge is -2.32. The third kappa shape index (κ3) is 4.55. The second kappa shape index (κ2) is 8.95. The van der Waals surface area contributed by atoms with E-state index in [2.05, 4.69) is 20.4 Å². The predicted molar refractivity (Wildman–Crippen MR) is 114 cm³/mol. The SMILES string of the molecule is CN(Cc1ccccc1)C(=O)c1cn[nH]c1C1CCCN(C(=O)c2ccc(=O)[nH]n2)C1. The quantitative estimate of drug-likeness (QED) is 0.653. The zero-order chi connectivity index (χ0) is 21.8. The fraction of sp³-hybridized carbons (Fsp3) is 0.318. The smallest absolute Gasteiger partial charge is 0.274 e. The summed E-state index contributed by atoms with van der Waals surface area (Å²) in [5.41, 5.74) is 2.17. The Morgan fingerprint density at radius 2 is 1.97 bits per heavy atom. The Morgan fingerprint density at radius 3 is 2.71 bits per heavy atom. The number of nitrogens with zero attached hydrogens (tertiary/aromatic N) is 4. The Morgan fingerprint density at radius 1 is 1.16 bits per heavy atom. The van der Waals surface area contributed by atoms with E-state index in [4.69, 9.17) is 0 Å². The first-order valence-electron chi connectivity index (χ1n) is 10.2.